The molecule has 5 heteroatoms. The van der Waals surface area contributed by atoms with Crippen LogP contribution in [-0.4, -0.2) is 30.3 Å². The second kappa shape index (κ2) is 5.39. The first-order valence-electron chi connectivity index (χ1n) is 4.98. The molecular formula is C11H13N3O2. The van der Waals surface area contributed by atoms with Crippen LogP contribution in [0.5, 0.6) is 0 Å². The van der Waals surface area contributed by atoms with Crippen molar-refractivity contribution < 1.29 is 9.57 Å². The van der Waals surface area contributed by atoms with E-state index in [2.05, 4.69) is 15.4 Å². The fraction of sp³-hybridized carbons (Fsp3) is 0.273. The second-order valence-corrected chi connectivity index (χ2v) is 3.18. The predicted octanol–water partition coefficient (Wildman–Crippen LogP) is 1.62. The molecule has 0 saturated heterocycles. The van der Waals surface area contributed by atoms with E-state index >= 15 is 0 Å². The van der Waals surface area contributed by atoms with Crippen molar-refractivity contribution in [1.82, 2.24) is 9.97 Å². The quantitative estimate of drug-likeness (QED) is 0.611. The molecule has 0 unspecified atom stereocenters. The Kier molecular flexibility index (Phi) is 3.63. The van der Waals surface area contributed by atoms with Gasteiger partial charge >= 0.3 is 0 Å². The minimum atomic E-state index is 0.467. The smallest absolute Gasteiger partial charge is 0.160 e. The topological polar surface area (TPSA) is 56.3 Å². The Labute approximate surface area is 93.4 Å². The van der Waals surface area contributed by atoms with Gasteiger partial charge in [0.05, 0.1) is 18.7 Å². The molecule has 1 aromatic heterocycles. The van der Waals surface area contributed by atoms with Crippen LogP contribution in [0.2, 0.25) is 0 Å². The minimum Gasteiger partial charge on any atom is -0.382 e. The average molecular weight is 219 g/mol. The van der Waals surface area contributed by atoms with Crippen LogP contribution in [0, 0.1) is 0 Å². The van der Waals surface area contributed by atoms with E-state index in [1.54, 1.807) is 7.11 Å². The molecule has 0 spiro atoms. The van der Waals surface area contributed by atoms with Crippen molar-refractivity contribution in [3.05, 3.63) is 30.6 Å². The van der Waals surface area contributed by atoms with E-state index in [0.717, 1.165) is 10.9 Å². The van der Waals surface area contributed by atoms with E-state index in [1.807, 2.05) is 24.3 Å². The van der Waals surface area contributed by atoms with Gasteiger partial charge in [0.15, 0.2) is 5.82 Å². The number of methoxy groups -OCH3 is 1. The summed E-state index contributed by atoms with van der Waals surface area (Å²) in [6.45, 7) is 1.00. The van der Waals surface area contributed by atoms with Gasteiger partial charge in [-0.05, 0) is 12.1 Å². The lowest BCUT2D eigenvalue weighted by Gasteiger charge is -2.07. The lowest BCUT2D eigenvalue weighted by molar-refractivity contribution is 0.100. The summed E-state index contributed by atoms with van der Waals surface area (Å²) in [5.74, 6) is 0.668. The van der Waals surface area contributed by atoms with E-state index in [-0.39, 0.29) is 0 Å². The monoisotopic (exact) mass is 219 g/mol. The maximum absolute atomic E-state index is 5.20. The number of aromatic nitrogens is 2. The molecule has 0 amide bonds. The highest BCUT2D eigenvalue weighted by molar-refractivity contribution is 5.88. The van der Waals surface area contributed by atoms with Gasteiger partial charge in [0.2, 0.25) is 0 Å². The Morgan fingerprint density at radius 3 is 2.94 bits per heavy atom. The van der Waals surface area contributed by atoms with Gasteiger partial charge in [-0.2, -0.15) is 0 Å². The van der Waals surface area contributed by atoms with Gasteiger partial charge < -0.3 is 4.74 Å². The van der Waals surface area contributed by atoms with Crippen LogP contribution in [0.25, 0.3) is 10.9 Å². The van der Waals surface area contributed by atoms with Crippen molar-refractivity contribution in [2.75, 3.05) is 25.8 Å². The Hall–Kier alpha value is -1.72. The third-order valence-electron chi connectivity index (χ3n) is 2.10. The van der Waals surface area contributed by atoms with Crippen LogP contribution in [0.1, 0.15) is 0 Å². The molecule has 0 aliphatic rings. The molecular weight excluding hydrogens is 206 g/mol. The Morgan fingerprint density at radius 1 is 1.19 bits per heavy atom. The number of ether oxygens (including phenoxy) is 1. The molecule has 5 nitrogen and oxygen atoms in total. The van der Waals surface area contributed by atoms with Crippen LogP contribution < -0.4 is 5.48 Å². The van der Waals surface area contributed by atoms with Crippen molar-refractivity contribution in [3.8, 4) is 0 Å². The number of anilines is 1. The van der Waals surface area contributed by atoms with Crippen molar-refractivity contribution in [3.63, 3.8) is 0 Å². The van der Waals surface area contributed by atoms with Gasteiger partial charge in [0.1, 0.15) is 6.33 Å². The number of hydrogen-bond acceptors (Lipinski definition) is 5. The van der Waals surface area contributed by atoms with Gasteiger partial charge in [0, 0.05) is 12.5 Å². The summed E-state index contributed by atoms with van der Waals surface area (Å²) in [5.41, 5.74) is 3.68. The molecule has 0 aliphatic carbocycles. The van der Waals surface area contributed by atoms with Gasteiger partial charge in [0.25, 0.3) is 0 Å². The zero-order valence-electron chi connectivity index (χ0n) is 9.01. The van der Waals surface area contributed by atoms with Crippen LogP contribution in [0.15, 0.2) is 30.6 Å². The van der Waals surface area contributed by atoms with Gasteiger partial charge in [-0.25, -0.2) is 15.4 Å². The molecule has 0 fully saturated rings. The summed E-state index contributed by atoms with van der Waals surface area (Å²) in [7, 11) is 1.63. The van der Waals surface area contributed by atoms with E-state index in [1.165, 1.54) is 6.33 Å². The first-order valence-corrected chi connectivity index (χ1v) is 4.98. The molecule has 2 aromatic rings. The summed E-state index contributed by atoms with van der Waals surface area (Å²) < 4.78 is 4.87. The third-order valence-corrected chi connectivity index (χ3v) is 2.10. The Bertz CT molecular complexity index is 456. The zero-order chi connectivity index (χ0) is 11.2. The number of nitrogens with one attached hydrogen (secondary N) is 1. The first kappa shape index (κ1) is 10.8. The first-order chi connectivity index (χ1) is 7.92. The molecule has 16 heavy (non-hydrogen) atoms. The molecule has 1 heterocycles. The Balaban J connectivity index is 2.11. The highest BCUT2D eigenvalue weighted by atomic mass is 16.7. The summed E-state index contributed by atoms with van der Waals surface area (Å²) in [5, 5.41) is 0.933. The van der Waals surface area contributed by atoms with Crippen LogP contribution in [0.3, 0.4) is 0 Å². The fourth-order valence-electron chi connectivity index (χ4n) is 1.33. The molecule has 0 atom stereocenters. The van der Waals surface area contributed by atoms with Gasteiger partial charge in [-0.1, -0.05) is 12.1 Å². The standard InChI is InChI=1S/C11H13N3O2/c1-15-6-7-16-14-11-9-4-2-3-5-10(9)12-8-13-11/h2-5,8H,6-7H2,1H3,(H,12,13,14). The fourth-order valence-corrected chi connectivity index (χ4v) is 1.33. The number of benzene rings is 1. The SMILES string of the molecule is COCCONc1ncnc2ccccc12. The predicted molar refractivity (Wildman–Crippen MR) is 61.0 cm³/mol. The number of para-hydroxylation sites is 1. The lowest BCUT2D eigenvalue weighted by atomic mass is 10.2. The zero-order valence-corrected chi connectivity index (χ0v) is 9.01. The molecule has 0 bridgehead atoms. The van der Waals surface area contributed by atoms with E-state index < -0.39 is 0 Å². The summed E-state index contributed by atoms with van der Waals surface area (Å²) in [6.07, 6.45) is 1.50. The van der Waals surface area contributed by atoms with E-state index in [4.69, 9.17) is 9.57 Å². The maximum atomic E-state index is 5.20. The van der Waals surface area contributed by atoms with Gasteiger partial charge in [-0.3, -0.25) is 4.84 Å². The van der Waals surface area contributed by atoms with E-state index in [0.29, 0.717) is 19.0 Å². The molecule has 84 valence electrons. The molecule has 1 aromatic carbocycles. The van der Waals surface area contributed by atoms with Crippen LogP contribution in [-0.2, 0) is 9.57 Å². The molecule has 2 rings (SSSR count). The average Bonchev–Trinajstić information content (AvgIpc) is 2.35. The highest BCUT2D eigenvalue weighted by Crippen LogP contribution is 2.17. The summed E-state index contributed by atoms with van der Waals surface area (Å²) in [4.78, 5) is 13.5. The van der Waals surface area contributed by atoms with Crippen LogP contribution in [0.4, 0.5) is 5.82 Å². The maximum Gasteiger partial charge on any atom is 0.160 e. The number of fused-ring (bicyclic) bond motifs is 1. The lowest BCUT2D eigenvalue weighted by Crippen LogP contribution is -2.08. The van der Waals surface area contributed by atoms with Crippen molar-refractivity contribution in [1.29, 1.82) is 0 Å². The van der Waals surface area contributed by atoms with Crippen molar-refractivity contribution in [2.45, 2.75) is 0 Å². The van der Waals surface area contributed by atoms with Gasteiger partial charge in [-0.15, -0.1) is 0 Å². The Morgan fingerprint density at radius 2 is 2.06 bits per heavy atom. The molecule has 0 saturated carbocycles. The van der Waals surface area contributed by atoms with Crippen LogP contribution >= 0.6 is 0 Å². The summed E-state index contributed by atoms with van der Waals surface area (Å²) >= 11 is 0. The largest absolute Gasteiger partial charge is 0.382 e. The number of hydrogen-bond donors (Lipinski definition) is 1. The van der Waals surface area contributed by atoms with E-state index in [9.17, 15) is 0 Å². The third kappa shape index (κ3) is 2.44. The second-order valence-electron chi connectivity index (χ2n) is 3.18. The molecule has 0 aliphatic heterocycles. The van der Waals surface area contributed by atoms with Crippen molar-refractivity contribution in [2.24, 2.45) is 0 Å². The minimum absolute atomic E-state index is 0.467. The summed E-state index contributed by atoms with van der Waals surface area (Å²) in [6, 6.07) is 7.74. The number of rotatable bonds is 5. The molecule has 0 radical (unpaired) electrons. The highest BCUT2D eigenvalue weighted by Gasteiger charge is 2.01. The van der Waals surface area contributed by atoms with Crippen molar-refractivity contribution >= 4 is 16.7 Å². The molecule has 1 N–H and O–H groups in total. The normalized spacial score (nSPS) is 10.6. The number of nitrogens with zero attached hydrogens (tertiary/aromatic N) is 2.